The number of aromatic amines is 1. The molecule has 1 atom stereocenters. The van der Waals surface area contributed by atoms with Crippen LogP contribution in [0.2, 0.25) is 0 Å². The highest BCUT2D eigenvalue weighted by molar-refractivity contribution is 5.76. The lowest BCUT2D eigenvalue weighted by atomic mass is 9.92. The zero-order valence-corrected chi connectivity index (χ0v) is 15.1. The molecule has 0 radical (unpaired) electrons. The van der Waals surface area contributed by atoms with E-state index >= 15 is 0 Å². The predicted molar refractivity (Wildman–Crippen MR) is 101 cm³/mol. The van der Waals surface area contributed by atoms with Crippen molar-refractivity contribution in [2.45, 2.75) is 44.6 Å². The monoisotopic (exact) mass is 362 g/mol. The average molecular weight is 362 g/mol. The van der Waals surface area contributed by atoms with Crippen molar-refractivity contribution in [1.82, 2.24) is 30.5 Å². The summed E-state index contributed by atoms with van der Waals surface area (Å²) in [6, 6.07) is 3.83. The van der Waals surface area contributed by atoms with Crippen LogP contribution in [0.3, 0.4) is 0 Å². The standard InChI is InChI=1S/C20H22N6O/c27-19(8-1-4-14-10-23-24-11-14)25-17-6-2-7-18-16(17)13-22-20(26-18)15-5-3-9-21-12-15/h3,5,9-13,17H,1-2,4,6-8H2,(H,23,24)(H,25,27)/t17-/m0/s1. The van der Waals surface area contributed by atoms with Crippen LogP contribution in [0.15, 0.2) is 43.1 Å². The van der Waals surface area contributed by atoms with Crippen molar-refractivity contribution in [3.8, 4) is 11.4 Å². The molecule has 7 heteroatoms. The maximum Gasteiger partial charge on any atom is 0.220 e. The van der Waals surface area contributed by atoms with Gasteiger partial charge in [-0.05, 0) is 49.8 Å². The Hall–Kier alpha value is -3.09. The molecule has 0 saturated carbocycles. The Morgan fingerprint density at radius 2 is 2.26 bits per heavy atom. The van der Waals surface area contributed by atoms with Crippen LogP contribution < -0.4 is 5.32 Å². The molecular formula is C20H22N6O. The molecule has 0 spiro atoms. The lowest BCUT2D eigenvalue weighted by Crippen LogP contribution is -2.31. The van der Waals surface area contributed by atoms with E-state index in [9.17, 15) is 4.79 Å². The first kappa shape index (κ1) is 17.3. The van der Waals surface area contributed by atoms with Crippen LogP contribution in [0.5, 0.6) is 0 Å². The van der Waals surface area contributed by atoms with Crippen LogP contribution in [-0.2, 0) is 17.6 Å². The molecule has 4 rings (SSSR count). The number of amides is 1. The minimum Gasteiger partial charge on any atom is -0.349 e. The molecule has 3 heterocycles. The molecule has 1 aliphatic rings. The Kier molecular flexibility index (Phi) is 5.18. The second kappa shape index (κ2) is 8.07. The summed E-state index contributed by atoms with van der Waals surface area (Å²) in [4.78, 5) is 25.7. The fourth-order valence-corrected chi connectivity index (χ4v) is 3.46. The van der Waals surface area contributed by atoms with Crippen molar-refractivity contribution in [3.63, 3.8) is 0 Å². The third kappa shape index (κ3) is 4.19. The number of H-pyrrole nitrogens is 1. The van der Waals surface area contributed by atoms with Crippen LogP contribution in [0.1, 0.15) is 48.5 Å². The van der Waals surface area contributed by atoms with Crippen molar-refractivity contribution in [3.05, 3.63) is 59.9 Å². The van der Waals surface area contributed by atoms with Crippen molar-refractivity contribution in [2.75, 3.05) is 0 Å². The van der Waals surface area contributed by atoms with Crippen molar-refractivity contribution in [1.29, 1.82) is 0 Å². The van der Waals surface area contributed by atoms with Gasteiger partial charge in [0.1, 0.15) is 0 Å². The van der Waals surface area contributed by atoms with Crippen LogP contribution in [0.4, 0.5) is 0 Å². The number of carbonyl (C=O) groups excluding carboxylic acids is 1. The van der Waals surface area contributed by atoms with Gasteiger partial charge in [-0.2, -0.15) is 5.10 Å². The first-order chi connectivity index (χ1) is 13.3. The van der Waals surface area contributed by atoms with Gasteiger partial charge >= 0.3 is 0 Å². The van der Waals surface area contributed by atoms with E-state index in [1.807, 2.05) is 24.5 Å². The summed E-state index contributed by atoms with van der Waals surface area (Å²) >= 11 is 0. The molecule has 2 N–H and O–H groups in total. The van der Waals surface area contributed by atoms with Gasteiger partial charge in [0.25, 0.3) is 0 Å². The van der Waals surface area contributed by atoms with Crippen LogP contribution in [-0.4, -0.2) is 31.1 Å². The normalized spacial score (nSPS) is 15.9. The SMILES string of the molecule is O=C(CCCc1cn[nH]c1)N[C@H]1CCCc2nc(-c3cccnc3)ncc21. The number of fused-ring (bicyclic) bond motifs is 1. The summed E-state index contributed by atoms with van der Waals surface area (Å²) in [6.07, 6.45) is 14.0. The van der Waals surface area contributed by atoms with Gasteiger partial charge in [-0.3, -0.25) is 14.9 Å². The zero-order valence-electron chi connectivity index (χ0n) is 15.1. The summed E-state index contributed by atoms with van der Waals surface area (Å²) in [6.45, 7) is 0. The lowest BCUT2D eigenvalue weighted by molar-refractivity contribution is -0.122. The molecule has 27 heavy (non-hydrogen) atoms. The number of nitrogens with one attached hydrogen (secondary N) is 2. The first-order valence-electron chi connectivity index (χ1n) is 9.33. The molecule has 0 bridgehead atoms. The van der Waals surface area contributed by atoms with Gasteiger partial charge in [-0.1, -0.05) is 0 Å². The number of carbonyl (C=O) groups is 1. The Bertz CT molecular complexity index is 894. The van der Waals surface area contributed by atoms with E-state index in [0.717, 1.165) is 54.5 Å². The smallest absolute Gasteiger partial charge is 0.220 e. The highest BCUT2D eigenvalue weighted by Gasteiger charge is 2.23. The van der Waals surface area contributed by atoms with Crippen molar-refractivity contribution >= 4 is 5.91 Å². The number of hydrogen-bond donors (Lipinski definition) is 2. The van der Waals surface area contributed by atoms with Gasteiger partial charge in [-0.25, -0.2) is 9.97 Å². The fourth-order valence-electron chi connectivity index (χ4n) is 3.46. The summed E-state index contributed by atoms with van der Waals surface area (Å²) in [7, 11) is 0. The fraction of sp³-hybridized carbons (Fsp3) is 0.350. The highest BCUT2D eigenvalue weighted by Crippen LogP contribution is 2.29. The molecule has 0 saturated heterocycles. The minimum absolute atomic E-state index is 0.00174. The van der Waals surface area contributed by atoms with Crippen LogP contribution >= 0.6 is 0 Å². The zero-order chi connectivity index (χ0) is 18.5. The largest absolute Gasteiger partial charge is 0.349 e. The van der Waals surface area contributed by atoms with Gasteiger partial charge in [0, 0.05) is 48.0 Å². The van der Waals surface area contributed by atoms with Gasteiger partial charge in [0.15, 0.2) is 5.82 Å². The molecule has 1 aliphatic carbocycles. The Morgan fingerprint density at radius 3 is 3.07 bits per heavy atom. The van der Waals surface area contributed by atoms with Gasteiger partial charge in [0.05, 0.1) is 12.2 Å². The highest BCUT2D eigenvalue weighted by atomic mass is 16.1. The molecule has 0 unspecified atom stereocenters. The lowest BCUT2D eigenvalue weighted by Gasteiger charge is -2.25. The Balaban J connectivity index is 1.40. The van der Waals surface area contributed by atoms with E-state index in [1.165, 1.54) is 0 Å². The van der Waals surface area contributed by atoms with Gasteiger partial charge < -0.3 is 5.32 Å². The third-order valence-corrected chi connectivity index (χ3v) is 4.86. The Labute approximate surface area is 157 Å². The predicted octanol–water partition coefficient (Wildman–Crippen LogP) is 2.78. The molecule has 138 valence electrons. The van der Waals surface area contributed by atoms with E-state index in [1.54, 1.807) is 18.6 Å². The van der Waals surface area contributed by atoms with E-state index in [4.69, 9.17) is 4.98 Å². The number of aryl methyl sites for hydroxylation is 2. The number of aromatic nitrogens is 5. The van der Waals surface area contributed by atoms with Gasteiger partial charge in [0.2, 0.25) is 5.91 Å². The Morgan fingerprint density at radius 1 is 1.30 bits per heavy atom. The molecule has 3 aromatic rings. The topological polar surface area (TPSA) is 96.5 Å². The number of nitrogens with zero attached hydrogens (tertiary/aromatic N) is 4. The molecule has 0 aliphatic heterocycles. The summed E-state index contributed by atoms with van der Waals surface area (Å²) < 4.78 is 0. The molecule has 7 nitrogen and oxygen atoms in total. The third-order valence-electron chi connectivity index (χ3n) is 4.86. The second-order valence-electron chi connectivity index (χ2n) is 6.81. The number of pyridine rings is 1. The molecule has 3 aromatic heterocycles. The minimum atomic E-state index is -0.00174. The second-order valence-corrected chi connectivity index (χ2v) is 6.81. The van der Waals surface area contributed by atoms with E-state index < -0.39 is 0 Å². The van der Waals surface area contributed by atoms with E-state index in [2.05, 4.69) is 25.5 Å². The average Bonchev–Trinajstić information content (AvgIpc) is 3.22. The van der Waals surface area contributed by atoms with Crippen LogP contribution in [0.25, 0.3) is 11.4 Å². The molecule has 0 aromatic carbocycles. The van der Waals surface area contributed by atoms with E-state index in [-0.39, 0.29) is 11.9 Å². The van der Waals surface area contributed by atoms with Crippen molar-refractivity contribution < 1.29 is 4.79 Å². The summed E-state index contributed by atoms with van der Waals surface area (Å²) in [5, 5.41) is 9.88. The molecule has 1 amide bonds. The number of rotatable bonds is 6. The van der Waals surface area contributed by atoms with Crippen LogP contribution in [0, 0.1) is 0 Å². The molecule has 0 fully saturated rings. The summed E-state index contributed by atoms with van der Waals surface area (Å²) in [5.41, 5.74) is 4.10. The van der Waals surface area contributed by atoms with Gasteiger partial charge in [-0.15, -0.1) is 0 Å². The maximum atomic E-state index is 12.4. The molecular weight excluding hydrogens is 340 g/mol. The van der Waals surface area contributed by atoms with E-state index in [0.29, 0.717) is 12.2 Å². The van der Waals surface area contributed by atoms with Crippen molar-refractivity contribution in [2.24, 2.45) is 0 Å². The summed E-state index contributed by atoms with van der Waals surface area (Å²) in [5.74, 6) is 0.765. The quantitative estimate of drug-likeness (QED) is 0.703. The number of hydrogen-bond acceptors (Lipinski definition) is 5. The maximum absolute atomic E-state index is 12.4. The first-order valence-corrected chi connectivity index (χ1v) is 9.33.